The number of aromatic nitrogens is 3. The van der Waals surface area contributed by atoms with Gasteiger partial charge < -0.3 is 0 Å². The van der Waals surface area contributed by atoms with Crippen LogP contribution in [0.2, 0.25) is 5.02 Å². The average molecular weight is 265 g/mol. The van der Waals surface area contributed by atoms with Crippen LogP contribution >= 0.6 is 11.6 Å². The first-order chi connectivity index (χ1) is 8.51. The van der Waals surface area contributed by atoms with Crippen LogP contribution < -0.4 is 5.32 Å². The van der Waals surface area contributed by atoms with Gasteiger partial charge in [0.2, 0.25) is 11.9 Å². The van der Waals surface area contributed by atoms with Gasteiger partial charge in [0.25, 0.3) is 0 Å². The van der Waals surface area contributed by atoms with Crippen LogP contribution in [-0.2, 0) is 10.2 Å². The van der Waals surface area contributed by atoms with Gasteiger partial charge in [-0.3, -0.25) is 10.1 Å². The van der Waals surface area contributed by atoms with Crippen molar-refractivity contribution < 1.29 is 4.79 Å². The summed E-state index contributed by atoms with van der Waals surface area (Å²) in [6.45, 7) is 3.61. The van der Waals surface area contributed by atoms with Gasteiger partial charge in [-0.15, -0.1) is 0 Å². The van der Waals surface area contributed by atoms with Gasteiger partial charge in [0.1, 0.15) is 6.33 Å². The number of carbonyl (C=O) groups is 1. The van der Waals surface area contributed by atoms with Crippen molar-refractivity contribution in [2.45, 2.75) is 19.3 Å². The lowest BCUT2D eigenvalue weighted by molar-refractivity contribution is -0.120. The van der Waals surface area contributed by atoms with Gasteiger partial charge in [0.05, 0.1) is 5.41 Å². The Morgan fingerprint density at radius 2 is 2.11 bits per heavy atom. The summed E-state index contributed by atoms with van der Waals surface area (Å²) in [5.41, 5.74) is 0.00850. The molecule has 0 aliphatic carbocycles. The van der Waals surface area contributed by atoms with Gasteiger partial charge >= 0.3 is 0 Å². The maximum Gasteiger partial charge on any atom is 0.236 e. The topological polar surface area (TPSA) is 70.7 Å². The summed E-state index contributed by atoms with van der Waals surface area (Å²) < 4.78 is 0. The van der Waals surface area contributed by atoms with E-state index in [1.807, 2.05) is 18.2 Å². The van der Waals surface area contributed by atoms with Crippen LogP contribution in [0.5, 0.6) is 0 Å². The Morgan fingerprint density at radius 1 is 1.39 bits per heavy atom. The fourth-order valence-corrected chi connectivity index (χ4v) is 1.99. The highest BCUT2D eigenvalue weighted by Crippen LogP contribution is 2.30. The molecule has 1 aromatic carbocycles. The van der Waals surface area contributed by atoms with E-state index in [-0.39, 0.29) is 5.91 Å². The third kappa shape index (κ3) is 2.36. The Bertz CT molecular complexity index is 551. The van der Waals surface area contributed by atoms with E-state index in [9.17, 15) is 4.79 Å². The molecule has 0 fully saturated rings. The molecule has 18 heavy (non-hydrogen) atoms. The number of H-pyrrole nitrogens is 1. The molecule has 0 unspecified atom stereocenters. The van der Waals surface area contributed by atoms with Crippen LogP contribution in [0, 0.1) is 0 Å². The highest BCUT2D eigenvalue weighted by molar-refractivity contribution is 6.31. The van der Waals surface area contributed by atoms with Crippen molar-refractivity contribution in [3.05, 3.63) is 41.2 Å². The summed E-state index contributed by atoms with van der Waals surface area (Å²) in [6, 6.07) is 7.28. The molecule has 0 atom stereocenters. The number of hydrogen-bond acceptors (Lipinski definition) is 3. The summed E-state index contributed by atoms with van der Waals surface area (Å²) in [5.74, 6) is 0.118. The molecule has 2 N–H and O–H groups in total. The van der Waals surface area contributed by atoms with E-state index in [1.54, 1.807) is 19.9 Å². The van der Waals surface area contributed by atoms with E-state index in [0.29, 0.717) is 11.0 Å². The first-order valence-corrected chi connectivity index (χ1v) is 5.81. The van der Waals surface area contributed by atoms with E-state index in [4.69, 9.17) is 11.6 Å². The molecule has 0 radical (unpaired) electrons. The van der Waals surface area contributed by atoms with Gasteiger partial charge in [0.15, 0.2) is 0 Å². The van der Waals surface area contributed by atoms with Crippen molar-refractivity contribution in [1.29, 1.82) is 0 Å². The smallest absolute Gasteiger partial charge is 0.236 e. The first kappa shape index (κ1) is 12.6. The molecular weight excluding hydrogens is 252 g/mol. The van der Waals surface area contributed by atoms with Crippen LogP contribution in [-0.4, -0.2) is 21.1 Å². The fourth-order valence-electron chi connectivity index (χ4n) is 1.62. The molecule has 0 aliphatic rings. The standard InChI is InChI=1S/C12H13ClN4O/c1-12(2,8-5-3-4-6-9(8)13)10(18)16-11-14-7-15-17-11/h3-7H,1-2H3,(H2,14,15,16,17,18). The molecular formula is C12H13ClN4O. The van der Waals surface area contributed by atoms with E-state index in [1.165, 1.54) is 6.33 Å². The zero-order chi connectivity index (χ0) is 13.2. The Labute approximate surface area is 110 Å². The van der Waals surface area contributed by atoms with Crippen molar-refractivity contribution in [2.75, 3.05) is 5.32 Å². The van der Waals surface area contributed by atoms with Crippen LogP contribution in [0.4, 0.5) is 5.95 Å². The minimum atomic E-state index is -0.759. The normalized spacial score (nSPS) is 11.3. The maximum absolute atomic E-state index is 12.2. The Hall–Kier alpha value is -1.88. The van der Waals surface area contributed by atoms with Crippen molar-refractivity contribution in [3.63, 3.8) is 0 Å². The quantitative estimate of drug-likeness (QED) is 0.894. The molecule has 0 bridgehead atoms. The number of rotatable bonds is 3. The second-order valence-corrected chi connectivity index (χ2v) is 4.80. The van der Waals surface area contributed by atoms with Crippen LogP contribution in [0.1, 0.15) is 19.4 Å². The Kier molecular flexibility index (Phi) is 3.34. The summed E-state index contributed by atoms with van der Waals surface area (Å²) in [5, 5.41) is 9.48. The fraction of sp³-hybridized carbons (Fsp3) is 0.250. The summed E-state index contributed by atoms with van der Waals surface area (Å²) >= 11 is 6.12. The molecule has 6 heteroatoms. The molecule has 0 saturated carbocycles. The average Bonchev–Trinajstić information content (AvgIpc) is 2.82. The van der Waals surface area contributed by atoms with Crippen molar-refractivity contribution in [2.24, 2.45) is 0 Å². The zero-order valence-electron chi connectivity index (χ0n) is 10.1. The predicted molar refractivity (Wildman–Crippen MR) is 69.5 cm³/mol. The number of anilines is 1. The van der Waals surface area contributed by atoms with Gasteiger partial charge in [-0.2, -0.15) is 10.1 Å². The number of amides is 1. The lowest BCUT2D eigenvalue weighted by atomic mass is 9.83. The van der Waals surface area contributed by atoms with Crippen LogP contribution in [0.15, 0.2) is 30.6 Å². The highest BCUT2D eigenvalue weighted by atomic mass is 35.5. The van der Waals surface area contributed by atoms with E-state index < -0.39 is 5.41 Å². The summed E-state index contributed by atoms with van der Waals surface area (Å²) in [7, 11) is 0. The zero-order valence-corrected chi connectivity index (χ0v) is 10.8. The number of benzene rings is 1. The molecule has 0 aliphatic heterocycles. The molecule has 2 rings (SSSR count). The molecule has 1 heterocycles. The number of halogens is 1. The number of hydrogen-bond donors (Lipinski definition) is 2. The number of carbonyl (C=O) groups excluding carboxylic acids is 1. The molecule has 94 valence electrons. The van der Waals surface area contributed by atoms with Gasteiger partial charge in [0, 0.05) is 5.02 Å². The first-order valence-electron chi connectivity index (χ1n) is 5.43. The summed E-state index contributed by atoms with van der Waals surface area (Å²) in [6.07, 6.45) is 1.33. The number of aromatic amines is 1. The van der Waals surface area contributed by atoms with E-state index in [0.717, 1.165) is 5.56 Å². The molecule has 0 spiro atoms. The molecule has 5 nitrogen and oxygen atoms in total. The summed E-state index contributed by atoms with van der Waals surface area (Å²) in [4.78, 5) is 16.1. The number of nitrogens with zero attached hydrogens (tertiary/aromatic N) is 2. The highest BCUT2D eigenvalue weighted by Gasteiger charge is 2.32. The van der Waals surface area contributed by atoms with E-state index in [2.05, 4.69) is 20.5 Å². The van der Waals surface area contributed by atoms with Crippen LogP contribution in [0.3, 0.4) is 0 Å². The van der Waals surface area contributed by atoms with Gasteiger partial charge in [-0.1, -0.05) is 29.8 Å². The van der Waals surface area contributed by atoms with Crippen molar-refractivity contribution in [1.82, 2.24) is 15.2 Å². The van der Waals surface area contributed by atoms with Crippen molar-refractivity contribution >= 4 is 23.5 Å². The lowest BCUT2D eigenvalue weighted by Crippen LogP contribution is -2.35. The SMILES string of the molecule is CC(C)(C(=O)Nc1ncn[nH]1)c1ccccc1Cl. The Balaban J connectivity index is 2.25. The Morgan fingerprint density at radius 3 is 2.72 bits per heavy atom. The second kappa shape index (κ2) is 4.78. The maximum atomic E-state index is 12.2. The van der Waals surface area contributed by atoms with Crippen LogP contribution in [0.25, 0.3) is 0 Å². The molecule has 2 aromatic rings. The lowest BCUT2D eigenvalue weighted by Gasteiger charge is -2.24. The number of nitrogens with one attached hydrogen (secondary N) is 2. The third-order valence-corrected chi connectivity index (χ3v) is 3.09. The monoisotopic (exact) mass is 264 g/mol. The predicted octanol–water partition coefficient (Wildman–Crippen LogP) is 2.37. The largest absolute Gasteiger partial charge is 0.294 e. The van der Waals surface area contributed by atoms with E-state index >= 15 is 0 Å². The molecule has 1 amide bonds. The van der Waals surface area contributed by atoms with Gasteiger partial charge in [-0.25, -0.2) is 5.10 Å². The van der Waals surface area contributed by atoms with Gasteiger partial charge in [-0.05, 0) is 25.5 Å². The minimum absolute atomic E-state index is 0.202. The third-order valence-electron chi connectivity index (χ3n) is 2.76. The minimum Gasteiger partial charge on any atom is -0.294 e. The van der Waals surface area contributed by atoms with Crippen molar-refractivity contribution in [3.8, 4) is 0 Å². The molecule has 0 saturated heterocycles. The molecule has 1 aromatic heterocycles. The second-order valence-electron chi connectivity index (χ2n) is 4.39.